The molecule has 1 rings (SSSR count). The van der Waals surface area contributed by atoms with Crippen LogP contribution in [0.15, 0.2) is 30.6 Å². The van der Waals surface area contributed by atoms with Gasteiger partial charge in [-0.1, -0.05) is 13.0 Å². The molecule has 0 N–H and O–H groups in total. The predicted octanol–water partition coefficient (Wildman–Crippen LogP) is -1.61. The van der Waals surface area contributed by atoms with E-state index in [2.05, 4.69) is 36.0 Å². The van der Waals surface area contributed by atoms with Crippen molar-refractivity contribution in [3.63, 3.8) is 0 Å². The number of hydrogen-bond acceptors (Lipinski definition) is 0. The van der Waals surface area contributed by atoms with Crippen LogP contribution in [0.1, 0.15) is 13.3 Å². The molecule has 1 aromatic heterocycles. The number of hydrogen-bond donors (Lipinski definition) is 0. The second kappa shape index (κ2) is 5.42. The third-order valence-corrected chi connectivity index (χ3v) is 1.26. The molecule has 0 radical (unpaired) electrons. The highest BCUT2D eigenvalue weighted by Gasteiger charge is 1.90. The summed E-state index contributed by atoms with van der Waals surface area (Å²) in [6.45, 7) is 3.31. The Hall–Kier alpha value is -0.370. The minimum atomic E-state index is 0. The summed E-state index contributed by atoms with van der Waals surface area (Å²) in [5, 5.41) is 0. The Balaban J connectivity index is 0.000000810. The monoisotopic (exact) mass is 201 g/mol. The van der Waals surface area contributed by atoms with E-state index in [-0.39, 0.29) is 17.0 Å². The lowest BCUT2D eigenvalue weighted by molar-refractivity contribution is -0.697. The summed E-state index contributed by atoms with van der Waals surface area (Å²) in [4.78, 5) is 0. The van der Waals surface area contributed by atoms with Gasteiger partial charge >= 0.3 is 0 Å². The molecule has 0 bridgehead atoms. The van der Waals surface area contributed by atoms with Gasteiger partial charge < -0.3 is 17.0 Å². The molecule has 0 amide bonds. The van der Waals surface area contributed by atoms with Crippen molar-refractivity contribution in [1.82, 2.24) is 0 Å². The van der Waals surface area contributed by atoms with Crippen molar-refractivity contribution in [3.05, 3.63) is 30.6 Å². The first-order valence-electron chi connectivity index (χ1n) is 3.37. The molecule has 10 heavy (non-hydrogen) atoms. The van der Waals surface area contributed by atoms with Crippen molar-refractivity contribution in [3.8, 4) is 0 Å². The molecular formula is C8H12BrN. The van der Waals surface area contributed by atoms with Gasteiger partial charge in [0.15, 0.2) is 12.4 Å². The van der Waals surface area contributed by atoms with Gasteiger partial charge in [0.1, 0.15) is 6.54 Å². The van der Waals surface area contributed by atoms with Crippen LogP contribution in [0.3, 0.4) is 0 Å². The van der Waals surface area contributed by atoms with E-state index in [0.717, 1.165) is 6.54 Å². The molecule has 0 fully saturated rings. The van der Waals surface area contributed by atoms with Gasteiger partial charge in [0, 0.05) is 18.6 Å². The van der Waals surface area contributed by atoms with Gasteiger partial charge in [-0.25, -0.2) is 4.57 Å². The molecule has 0 saturated heterocycles. The van der Waals surface area contributed by atoms with Crippen molar-refractivity contribution in [2.24, 2.45) is 0 Å². The first-order valence-corrected chi connectivity index (χ1v) is 3.37. The zero-order valence-electron chi connectivity index (χ0n) is 6.13. The molecule has 0 aromatic carbocycles. The maximum absolute atomic E-state index is 2.18. The van der Waals surface area contributed by atoms with Crippen LogP contribution in [0.5, 0.6) is 0 Å². The summed E-state index contributed by atoms with van der Waals surface area (Å²) < 4.78 is 2.18. The standard InChI is InChI=1S/C8H12N.BrH/c1-2-6-9-7-4-3-5-8-9;/h3-5,7-8H,2,6H2,1H3;1H/q+1;/p-1. The van der Waals surface area contributed by atoms with Crippen molar-refractivity contribution < 1.29 is 21.5 Å². The van der Waals surface area contributed by atoms with Gasteiger partial charge in [-0.15, -0.1) is 0 Å². The lowest BCUT2D eigenvalue weighted by Crippen LogP contribution is -3.00. The fourth-order valence-corrected chi connectivity index (χ4v) is 0.842. The van der Waals surface area contributed by atoms with Crippen LogP contribution in [0.2, 0.25) is 0 Å². The Kier molecular flexibility index (Phi) is 5.22. The van der Waals surface area contributed by atoms with Crippen LogP contribution in [-0.4, -0.2) is 0 Å². The Bertz CT molecular complexity index is 162. The topological polar surface area (TPSA) is 3.88 Å². The summed E-state index contributed by atoms with van der Waals surface area (Å²) in [5.41, 5.74) is 0. The highest BCUT2D eigenvalue weighted by Crippen LogP contribution is 1.78. The van der Waals surface area contributed by atoms with Crippen LogP contribution in [0.4, 0.5) is 0 Å². The molecule has 1 heterocycles. The Morgan fingerprint density at radius 3 is 2.20 bits per heavy atom. The van der Waals surface area contributed by atoms with Crippen molar-refractivity contribution in [2.75, 3.05) is 0 Å². The van der Waals surface area contributed by atoms with E-state index in [9.17, 15) is 0 Å². The second-order valence-corrected chi connectivity index (χ2v) is 2.11. The predicted molar refractivity (Wildman–Crippen MR) is 36.9 cm³/mol. The first kappa shape index (κ1) is 9.63. The van der Waals surface area contributed by atoms with Gasteiger partial charge in [0.05, 0.1) is 0 Å². The normalized spacial score (nSPS) is 8.50. The van der Waals surface area contributed by atoms with Crippen molar-refractivity contribution in [2.45, 2.75) is 19.9 Å². The van der Waals surface area contributed by atoms with Crippen LogP contribution >= 0.6 is 0 Å². The van der Waals surface area contributed by atoms with Gasteiger partial charge in [0.2, 0.25) is 0 Å². The molecule has 0 aliphatic carbocycles. The Morgan fingerprint density at radius 2 is 1.70 bits per heavy atom. The fraction of sp³-hybridized carbons (Fsp3) is 0.375. The van der Waals surface area contributed by atoms with E-state index in [1.165, 1.54) is 6.42 Å². The van der Waals surface area contributed by atoms with E-state index in [0.29, 0.717) is 0 Å². The average Bonchev–Trinajstić information content (AvgIpc) is 1.91. The van der Waals surface area contributed by atoms with Gasteiger partial charge in [-0.3, -0.25) is 0 Å². The summed E-state index contributed by atoms with van der Waals surface area (Å²) >= 11 is 0. The van der Waals surface area contributed by atoms with Crippen LogP contribution in [-0.2, 0) is 6.54 Å². The third kappa shape index (κ3) is 2.97. The molecule has 0 saturated carbocycles. The number of halogens is 1. The van der Waals surface area contributed by atoms with Crippen LogP contribution in [0, 0.1) is 0 Å². The van der Waals surface area contributed by atoms with E-state index in [1.807, 2.05) is 6.07 Å². The first-order chi connectivity index (χ1) is 4.43. The van der Waals surface area contributed by atoms with E-state index in [4.69, 9.17) is 0 Å². The molecule has 0 aliphatic heterocycles. The number of pyridine rings is 1. The maximum atomic E-state index is 2.18. The number of aryl methyl sites for hydroxylation is 1. The van der Waals surface area contributed by atoms with Crippen molar-refractivity contribution in [1.29, 1.82) is 0 Å². The Morgan fingerprint density at radius 1 is 1.10 bits per heavy atom. The smallest absolute Gasteiger partial charge is 0.168 e. The number of aromatic nitrogens is 1. The molecule has 0 atom stereocenters. The minimum Gasteiger partial charge on any atom is -1.00 e. The summed E-state index contributed by atoms with van der Waals surface area (Å²) in [5.74, 6) is 0. The van der Waals surface area contributed by atoms with E-state index in [1.54, 1.807) is 0 Å². The lowest BCUT2D eigenvalue weighted by Gasteiger charge is -1.88. The zero-order chi connectivity index (χ0) is 6.53. The summed E-state index contributed by atoms with van der Waals surface area (Å²) in [6, 6.07) is 6.14. The molecular weight excluding hydrogens is 190 g/mol. The largest absolute Gasteiger partial charge is 1.00 e. The highest BCUT2D eigenvalue weighted by atomic mass is 79.9. The third-order valence-electron chi connectivity index (χ3n) is 1.26. The van der Waals surface area contributed by atoms with E-state index >= 15 is 0 Å². The fourth-order valence-electron chi connectivity index (χ4n) is 0.842. The second-order valence-electron chi connectivity index (χ2n) is 2.11. The maximum Gasteiger partial charge on any atom is 0.168 e. The van der Waals surface area contributed by atoms with Crippen LogP contribution < -0.4 is 21.5 Å². The lowest BCUT2D eigenvalue weighted by atomic mass is 10.4. The molecule has 1 aromatic rings. The summed E-state index contributed by atoms with van der Waals surface area (Å²) in [6.07, 6.45) is 5.38. The minimum absolute atomic E-state index is 0. The molecule has 0 unspecified atom stereocenters. The number of nitrogens with zero attached hydrogens (tertiary/aromatic N) is 1. The summed E-state index contributed by atoms with van der Waals surface area (Å²) in [7, 11) is 0. The van der Waals surface area contributed by atoms with Gasteiger partial charge in [0.25, 0.3) is 0 Å². The van der Waals surface area contributed by atoms with E-state index < -0.39 is 0 Å². The molecule has 2 heteroatoms. The van der Waals surface area contributed by atoms with Crippen molar-refractivity contribution >= 4 is 0 Å². The molecule has 1 nitrogen and oxygen atoms in total. The quantitative estimate of drug-likeness (QED) is 0.508. The SMILES string of the molecule is CCC[n+]1ccccc1.[Br-]. The Labute approximate surface area is 72.5 Å². The number of rotatable bonds is 2. The highest BCUT2D eigenvalue weighted by molar-refractivity contribution is 4.83. The average molecular weight is 202 g/mol. The molecule has 0 aliphatic rings. The van der Waals surface area contributed by atoms with Gasteiger partial charge in [-0.2, -0.15) is 0 Å². The zero-order valence-corrected chi connectivity index (χ0v) is 7.71. The molecule has 0 spiro atoms. The van der Waals surface area contributed by atoms with Crippen LogP contribution in [0.25, 0.3) is 0 Å². The van der Waals surface area contributed by atoms with Gasteiger partial charge in [-0.05, 0) is 0 Å². The molecule has 56 valence electrons.